The van der Waals surface area contributed by atoms with E-state index < -0.39 is 0 Å². The highest BCUT2D eigenvalue weighted by atomic mass is 16.5. The summed E-state index contributed by atoms with van der Waals surface area (Å²) >= 11 is 0. The van der Waals surface area contributed by atoms with E-state index in [4.69, 9.17) is 4.74 Å². The lowest BCUT2D eigenvalue weighted by Crippen LogP contribution is -2.48. The Kier molecular flexibility index (Phi) is 6.37. The molecule has 0 aliphatic carbocycles. The predicted molar refractivity (Wildman–Crippen MR) is 149 cm³/mol. The number of carbonyl (C=O) groups excluding carboxylic acids is 1. The number of nitrogens with zero attached hydrogens (tertiary/aromatic N) is 3. The number of ether oxygens (including phenoxy) is 1. The van der Waals surface area contributed by atoms with E-state index in [9.17, 15) is 4.79 Å². The third kappa shape index (κ3) is 4.70. The van der Waals surface area contributed by atoms with Crippen molar-refractivity contribution in [1.82, 2.24) is 14.4 Å². The quantitative estimate of drug-likeness (QED) is 0.271. The number of aromatic nitrogens is 1. The molecule has 0 N–H and O–H groups in total. The summed E-state index contributed by atoms with van der Waals surface area (Å²) in [5, 5.41) is 2.64. The molecule has 0 spiro atoms. The molecule has 37 heavy (non-hydrogen) atoms. The fourth-order valence-corrected chi connectivity index (χ4v) is 5.38. The summed E-state index contributed by atoms with van der Waals surface area (Å²) < 4.78 is 8.24. The largest absolute Gasteiger partial charge is 0.457 e. The number of aryl methyl sites for hydroxylation is 1. The SMILES string of the molecule is CCn1c2ccccc2c2cc(CN3CCN(C(=O)c4ccc(Oc5ccccc5)cc4)CC3)ccc21. The second-order valence-corrected chi connectivity index (χ2v) is 9.62. The minimum absolute atomic E-state index is 0.0831. The molecule has 1 amide bonds. The van der Waals surface area contributed by atoms with Crippen molar-refractivity contribution in [3.05, 3.63) is 108 Å². The number of hydrogen-bond acceptors (Lipinski definition) is 3. The number of para-hydroxylation sites is 2. The van der Waals surface area contributed by atoms with Crippen molar-refractivity contribution in [1.29, 1.82) is 0 Å². The van der Waals surface area contributed by atoms with Gasteiger partial charge in [0.15, 0.2) is 0 Å². The summed E-state index contributed by atoms with van der Waals surface area (Å²) in [5.41, 5.74) is 4.61. The highest BCUT2D eigenvalue weighted by Gasteiger charge is 2.22. The lowest BCUT2D eigenvalue weighted by atomic mass is 10.1. The fraction of sp³-hybridized carbons (Fsp3) is 0.219. The molecule has 0 saturated carbocycles. The Balaban J connectivity index is 1.09. The number of fused-ring (bicyclic) bond motifs is 3. The molecule has 6 rings (SSSR count). The van der Waals surface area contributed by atoms with Crippen LogP contribution in [0.15, 0.2) is 97.1 Å². The Bertz CT molecular complexity index is 1530. The number of hydrogen-bond donors (Lipinski definition) is 0. The lowest BCUT2D eigenvalue weighted by molar-refractivity contribution is 0.0628. The minimum atomic E-state index is 0.0831. The van der Waals surface area contributed by atoms with Crippen molar-refractivity contribution in [3.63, 3.8) is 0 Å². The maximum Gasteiger partial charge on any atom is 0.253 e. The van der Waals surface area contributed by atoms with Gasteiger partial charge in [-0.25, -0.2) is 0 Å². The van der Waals surface area contributed by atoms with Gasteiger partial charge < -0.3 is 14.2 Å². The van der Waals surface area contributed by atoms with Crippen LogP contribution < -0.4 is 4.74 Å². The average molecular weight is 490 g/mol. The highest BCUT2D eigenvalue weighted by molar-refractivity contribution is 6.08. The molecule has 0 unspecified atom stereocenters. The van der Waals surface area contributed by atoms with Crippen LogP contribution in [0.3, 0.4) is 0 Å². The molecule has 1 aliphatic rings. The Labute approximate surface area is 217 Å². The summed E-state index contributed by atoms with van der Waals surface area (Å²) in [6.45, 7) is 7.27. The van der Waals surface area contributed by atoms with Gasteiger partial charge in [-0.05, 0) is 67.1 Å². The summed E-state index contributed by atoms with van der Waals surface area (Å²) in [7, 11) is 0. The lowest BCUT2D eigenvalue weighted by Gasteiger charge is -2.34. The fourth-order valence-electron chi connectivity index (χ4n) is 5.38. The first kappa shape index (κ1) is 23.3. The molecule has 186 valence electrons. The van der Waals surface area contributed by atoms with Gasteiger partial charge in [-0.15, -0.1) is 0 Å². The Hall–Kier alpha value is -4.09. The van der Waals surface area contributed by atoms with Gasteiger partial charge >= 0.3 is 0 Å². The first-order chi connectivity index (χ1) is 18.2. The number of benzene rings is 4. The van der Waals surface area contributed by atoms with Gasteiger partial charge in [-0.2, -0.15) is 0 Å². The molecule has 0 atom stereocenters. The third-order valence-electron chi connectivity index (χ3n) is 7.30. The third-order valence-corrected chi connectivity index (χ3v) is 7.30. The van der Waals surface area contributed by atoms with Crippen LogP contribution in [0.2, 0.25) is 0 Å². The average Bonchev–Trinajstić information content (AvgIpc) is 3.27. The molecular formula is C32H31N3O2. The van der Waals surface area contributed by atoms with Crippen LogP contribution in [-0.4, -0.2) is 46.5 Å². The Morgan fingerprint density at radius 2 is 1.41 bits per heavy atom. The number of amides is 1. The van der Waals surface area contributed by atoms with Crippen molar-refractivity contribution in [2.24, 2.45) is 0 Å². The molecule has 4 aromatic carbocycles. The zero-order chi connectivity index (χ0) is 25.2. The molecular weight excluding hydrogens is 458 g/mol. The molecule has 5 aromatic rings. The summed E-state index contributed by atoms with van der Waals surface area (Å²) in [6.07, 6.45) is 0. The summed E-state index contributed by atoms with van der Waals surface area (Å²) in [6, 6.07) is 32.6. The molecule has 2 heterocycles. The molecule has 1 aliphatic heterocycles. The normalized spacial score (nSPS) is 14.4. The molecule has 0 bridgehead atoms. The van der Waals surface area contributed by atoms with Crippen molar-refractivity contribution in [2.45, 2.75) is 20.0 Å². The number of carbonyl (C=O) groups is 1. The van der Waals surface area contributed by atoms with Gasteiger partial charge in [0.2, 0.25) is 0 Å². The molecule has 1 aromatic heterocycles. The van der Waals surface area contributed by atoms with E-state index in [-0.39, 0.29) is 5.91 Å². The van der Waals surface area contributed by atoms with Crippen LogP contribution in [0.1, 0.15) is 22.8 Å². The monoisotopic (exact) mass is 489 g/mol. The van der Waals surface area contributed by atoms with Crippen LogP contribution in [0.4, 0.5) is 0 Å². The standard InChI is InChI=1S/C32H31N3O2/c1-2-35-30-11-7-6-10-28(30)29-22-24(12-17-31(29)35)23-33-18-20-34(21-19-33)32(36)25-13-15-27(16-14-25)37-26-8-4-3-5-9-26/h3-17,22H,2,18-21,23H2,1H3. The topological polar surface area (TPSA) is 37.7 Å². The van der Waals surface area contributed by atoms with Crippen LogP contribution in [0.5, 0.6) is 11.5 Å². The minimum Gasteiger partial charge on any atom is -0.457 e. The molecule has 5 heteroatoms. The van der Waals surface area contributed by atoms with E-state index in [0.29, 0.717) is 5.56 Å². The van der Waals surface area contributed by atoms with E-state index in [0.717, 1.165) is 50.8 Å². The zero-order valence-electron chi connectivity index (χ0n) is 21.1. The van der Waals surface area contributed by atoms with Crippen LogP contribution >= 0.6 is 0 Å². The van der Waals surface area contributed by atoms with Gasteiger partial charge in [-0.1, -0.05) is 42.5 Å². The van der Waals surface area contributed by atoms with Gasteiger partial charge in [0.05, 0.1) is 0 Å². The van der Waals surface area contributed by atoms with Crippen LogP contribution in [-0.2, 0) is 13.1 Å². The van der Waals surface area contributed by atoms with Gasteiger partial charge in [0.1, 0.15) is 11.5 Å². The molecule has 1 saturated heterocycles. The van der Waals surface area contributed by atoms with Crippen molar-refractivity contribution >= 4 is 27.7 Å². The van der Waals surface area contributed by atoms with E-state index in [1.807, 2.05) is 59.5 Å². The van der Waals surface area contributed by atoms with Crippen molar-refractivity contribution < 1.29 is 9.53 Å². The van der Waals surface area contributed by atoms with Gasteiger partial charge in [0, 0.05) is 66.6 Å². The molecule has 0 radical (unpaired) electrons. The first-order valence-electron chi connectivity index (χ1n) is 13.0. The predicted octanol–water partition coefficient (Wildman–Crippen LogP) is 6.56. The van der Waals surface area contributed by atoms with Crippen LogP contribution in [0, 0.1) is 0 Å². The van der Waals surface area contributed by atoms with Crippen molar-refractivity contribution in [3.8, 4) is 11.5 Å². The number of piperazine rings is 1. The van der Waals surface area contributed by atoms with Crippen LogP contribution in [0.25, 0.3) is 21.8 Å². The second kappa shape index (κ2) is 10.1. The van der Waals surface area contributed by atoms with E-state index in [1.165, 1.54) is 27.4 Å². The molecule has 1 fully saturated rings. The second-order valence-electron chi connectivity index (χ2n) is 9.62. The maximum absolute atomic E-state index is 13.1. The molecule has 5 nitrogen and oxygen atoms in total. The maximum atomic E-state index is 13.1. The first-order valence-corrected chi connectivity index (χ1v) is 13.0. The van der Waals surface area contributed by atoms with Gasteiger partial charge in [-0.3, -0.25) is 9.69 Å². The van der Waals surface area contributed by atoms with E-state index >= 15 is 0 Å². The Morgan fingerprint density at radius 1 is 0.730 bits per heavy atom. The van der Waals surface area contributed by atoms with Crippen molar-refractivity contribution in [2.75, 3.05) is 26.2 Å². The summed E-state index contributed by atoms with van der Waals surface area (Å²) in [5.74, 6) is 1.60. The summed E-state index contributed by atoms with van der Waals surface area (Å²) in [4.78, 5) is 17.5. The van der Waals surface area contributed by atoms with E-state index in [2.05, 4.69) is 58.9 Å². The zero-order valence-corrected chi connectivity index (χ0v) is 21.1. The highest BCUT2D eigenvalue weighted by Crippen LogP contribution is 2.30. The number of rotatable bonds is 6. The smallest absolute Gasteiger partial charge is 0.253 e. The Morgan fingerprint density at radius 3 is 2.16 bits per heavy atom. The van der Waals surface area contributed by atoms with Gasteiger partial charge in [0.25, 0.3) is 5.91 Å². The van der Waals surface area contributed by atoms with E-state index in [1.54, 1.807) is 0 Å².